The minimum absolute atomic E-state index is 0.0474. The van der Waals surface area contributed by atoms with Crippen LogP contribution < -0.4 is 10.6 Å². The zero-order valence-electron chi connectivity index (χ0n) is 16.9. The summed E-state index contributed by atoms with van der Waals surface area (Å²) in [7, 11) is 0. The number of halogens is 2. The Kier molecular flexibility index (Phi) is 4.74. The zero-order valence-corrected chi connectivity index (χ0v) is 16.9. The number of nitrogens with zero attached hydrogens (tertiary/aromatic N) is 2. The number of aliphatic imine (C=N–C) groups is 1. The van der Waals surface area contributed by atoms with E-state index in [0.29, 0.717) is 22.8 Å². The van der Waals surface area contributed by atoms with Gasteiger partial charge in [0.25, 0.3) is 0 Å². The Bertz CT molecular complexity index is 1370. The fraction of sp³-hybridized carbons (Fsp3) is 0.0417. The lowest BCUT2D eigenvalue weighted by Gasteiger charge is -2.10. The quantitative estimate of drug-likeness (QED) is 0.403. The van der Waals surface area contributed by atoms with Crippen molar-refractivity contribution in [2.24, 2.45) is 4.99 Å². The molecule has 32 heavy (non-hydrogen) atoms. The van der Waals surface area contributed by atoms with Crippen molar-refractivity contribution in [1.82, 2.24) is 10.2 Å². The van der Waals surface area contributed by atoms with E-state index >= 15 is 0 Å². The lowest BCUT2D eigenvalue weighted by molar-refractivity contribution is -0.114. The van der Waals surface area contributed by atoms with E-state index < -0.39 is 11.6 Å². The molecule has 1 amide bonds. The Hall–Kier alpha value is -4.33. The van der Waals surface area contributed by atoms with Crippen LogP contribution >= 0.6 is 0 Å². The second-order valence-electron chi connectivity index (χ2n) is 7.33. The van der Waals surface area contributed by atoms with Gasteiger partial charge in [-0.2, -0.15) is 5.10 Å². The second kappa shape index (κ2) is 7.73. The van der Waals surface area contributed by atoms with Gasteiger partial charge in [0, 0.05) is 18.2 Å². The van der Waals surface area contributed by atoms with Gasteiger partial charge in [0.15, 0.2) is 0 Å². The average molecular weight is 429 g/mol. The Labute approximate surface area is 182 Å². The van der Waals surface area contributed by atoms with Crippen LogP contribution in [0.1, 0.15) is 12.5 Å². The van der Waals surface area contributed by atoms with Crippen LogP contribution in [0.3, 0.4) is 0 Å². The van der Waals surface area contributed by atoms with E-state index in [1.54, 1.807) is 12.3 Å². The van der Waals surface area contributed by atoms with E-state index in [9.17, 15) is 13.6 Å². The number of carbonyl (C=O) groups excluding carboxylic acids is 1. The predicted octanol–water partition coefficient (Wildman–Crippen LogP) is 5.48. The molecule has 1 aliphatic rings. The highest BCUT2D eigenvalue weighted by Crippen LogP contribution is 2.40. The first kappa shape index (κ1) is 19.6. The van der Waals surface area contributed by atoms with Gasteiger partial charge in [-0.25, -0.2) is 13.8 Å². The summed E-state index contributed by atoms with van der Waals surface area (Å²) in [6.07, 6.45) is 1.55. The van der Waals surface area contributed by atoms with Crippen molar-refractivity contribution in [3.63, 3.8) is 0 Å². The fourth-order valence-corrected chi connectivity index (χ4v) is 3.70. The van der Waals surface area contributed by atoms with Gasteiger partial charge >= 0.3 is 0 Å². The smallest absolute Gasteiger partial charge is 0.221 e. The van der Waals surface area contributed by atoms with Crippen molar-refractivity contribution in [3.8, 4) is 22.4 Å². The fourth-order valence-electron chi connectivity index (χ4n) is 3.70. The summed E-state index contributed by atoms with van der Waals surface area (Å²) in [6.45, 7) is 1.45. The van der Waals surface area contributed by atoms with Gasteiger partial charge in [-0.15, -0.1) is 0 Å². The van der Waals surface area contributed by atoms with Gasteiger partial charge in [-0.05, 0) is 47.5 Å². The van der Waals surface area contributed by atoms with Crippen molar-refractivity contribution in [3.05, 3.63) is 84.1 Å². The molecule has 158 valence electrons. The molecule has 3 N–H and O–H groups in total. The number of fused-ring (bicyclic) bond motifs is 3. The summed E-state index contributed by atoms with van der Waals surface area (Å²) in [5.41, 5.74) is 4.58. The topological polar surface area (TPSA) is 82.2 Å². The molecule has 0 saturated carbocycles. The number of amides is 1. The summed E-state index contributed by atoms with van der Waals surface area (Å²) >= 11 is 0. The molecule has 3 aromatic carbocycles. The largest absolute Gasteiger partial charge is 0.336 e. The average Bonchev–Trinajstić information content (AvgIpc) is 3.15. The summed E-state index contributed by atoms with van der Waals surface area (Å²) in [5.74, 6) is -1.55. The number of aromatic amines is 1. The summed E-state index contributed by atoms with van der Waals surface area (Å²) in [6, 6.07) is 16.7. The normalized spacial score (nSPS) is 12.2. The third-order valence-electron chi connectivity index (χ3n) is 5.11. The minimum atomic E-state index is -0.719. The third-order valence-corrected chi connectivity index (χ3v) is 5.11. The molecule has 0 unspecified atom stereocenters. The maximum Gasteiger partial charge on any atom is 0.221 e. The number of rotatable bonds is 3. The highest BCUT2D eigenvalue weighted by Gasteiger charge is 2.23. The van der Waals surface area contributed by atoms with Gasteiger partial charge in [0.05, 0.1) is 28.8 Å². The molecule has 0 atom stereocenters. The van der Waals surface area contributed by atoms with Crippen LogP contribution in [-0.2, 0) is 4.79 Å². The van der Waals surface area contributed by atoms with E-state index in [0.717, 1.165) is 16.7 Å². The first-order valence-electron chi connectivity index (χ1n) is 9.85. The number of H-pyrrole nitrogens is 1. The number of hydrogen-bond acceptors (Lipinski definition) is 4. The van der Waals surface area contributed by atoms with Gasteiger partial charge in [-0.3, -0.25) is 9.89 Å². The second-order valence-corrected chi connectivity index (χ2v) is 7.33. The molecule has 0 aliphatic carbocycles. The van der Waals surface area contributed by atoms with Crippen molar-refractivity contribution >= 4 is 28.8 Å². The molecular formula is C24H17F2N5O. The Morgan fingerprint density at radius 2 is 1.72 bits per heavy atom. The number of hydrogen-bond donors (Lipinski definition) is 3. The maximum absolute atomic E-state index is 14.5. The highest BCUT2D eigenvalue weighted by atomic mass is 19.1. The van der Waals surface area contributed by atoms with E-state index in [4.69, 9.17) is 0 Å². The predicted molar refractivity (Wildman–Crippen MR) is 120 cm³/mol. The molecule has 6 nitrogen and oxygen atoms in total. The molecule has 0 spiro atoms. The number of nitrogens with one attached hydrogen (secondary N) is 3. The van der Waals surface area contributed by atoms with E-state index in [1.807, 2.05) is 36.4 Å². The van der Waals surface area contributed by atoms with E-state index in [2.05, 4.69) is 25.8 Å². The molecule has 1 aliphatic heterocycles. The van der Waals surface area contributed by atoms with Crippen LogP contribution in [0.4, 0.5) is 25.8 Å². The monoisotopic (exact) mass is 429 g/mol. The molecule has 0 radical (unpaired) electrons. The molecule has 0 saturated heterocycles. The lowest BCUT2D eigenvalue weighted by Crippen LogP contribution is -2.16. The molecule has 1 aromatic heterocycles. The third kappa shape index (κ3) is 3.51. The van der Waals surface area contributed by atoms with Crippen LogP contribution in [0, 0.1) is 11.6 Å². The zero-order chi connectivity index (χ0) is 22.2. The van der Waals surface area contributed by atoms with Crippen molar-refractivity contribution < 1.29 is 13.6 Å². The van der Waals surface area contributed by atoms with Crippen LogP contribution in [0.15, 0.2) is 71.9 Å². The molecular weight excluding hydrogens is 412 g/mol. The molecule has 8 heteroatoms. The van der Waals surface area contributed by atoms with Crippen molar-refractivity contribution in [2.75, 3.05) is 10.6 Å². The maximum atomic E-state index is 14.5. The molecule has 5 rings (SSSR count). The van der Waals surface area contributed by atoms with Crippen LogP contribution in [0.25, 0.3) is 22.4 Å². The first-order chi connectivity index (χ1) is 15.5. The van der Waals surface area contributed by atoms with Gasteiger partial charge in [0.2, 0.25) is 5.91 Å². The van der Waals surface area contributed by atoms with Gasteiger partial charge < -0.3 is 10.6 Å². The SMILES string of the molecule is CC(=O)Nc1cccc(-c2ccc3c(c2)N=C(c2c(F)cccc2F)Nc2cn[nH]c2-3)c1. The number of aromatic nitrogens is 2. The Morgan fingerprint density at radius 1 is 0.969 bits per heavy atom. The summed E-state index contributed by atoms with van der Waals surface area (Å²) in [5, 5.41) is 12.8. The number of benzene rings is 3. The lowest BCUT2D eigenvalue weighted by atomic mass is 10.0. The van der Waals surface area contributed by atoms with Crippen molar-refractivity contribution in [1.29, 1.82) is 0 Å². The standard InChI is InChI=1S/C24H17F2N5O/c1-13(32)28-16-5-2-4-14(10-16)15-8-9-17-20(11-15)29-24(30-21-12-27-31-23(17)21)22-18(25)6-3-7-19(22)26/h2-12H,1H3,(H,27,31)(H,28,32)(H,29,30). The van der Waals surface area contributed by atoms with Crippen LogP contribution in [0.5, 0.6) is 0 Å². The number of amidine groups is 1. The van der Waals surface area contributed by atoms with Gasteiger partial charge in [0.1, 0.15) is 17.5 Å². The van der Waals surface area contributed by atoms with E-state index in [1.165, 1.54) is 25.1 Å². The highest BCUT2D eigenvalue weighted by molar-refractivity contribution is 6.13. The van der Waals surface area contributed by atoms with Crippen LogP contribution in [-0.4, -0.2) is 21.9 Å². The number of carbonyl (C=O) groups is 1. The molecule has 0 fully saturated rings. The molecule has 0 bridgehead atoms. The number of anilines is 2. The van der Waals surface area contributed by atoms with Crippen molar-refractivity contribution in [2.45, 2.75) is 6.92 Å². The summed E-state index contributed by atoms with van der Waals surface area (Å²) in [4.78, 5) is 16.0. The first-order valence-corrected chi connectivity index (χ1v) is 9.85. The Morgan fingerprint density at radius 3 is 2.50 bits per heavy atom. The van der Waals surface area contributed by atoms with E-state index in [-0.39, 0.29) is 17.3 Å². The van der Waals surface area contributed by atoms with Crippen LogP contribution in [0.2, 0.25) is 0 Å². The summed E-state index contributed by atoms with van der Waals surface area (Å²) < 4.78 is 29.0. The molecule has 4 aromatic rings. The minimum Gasteiger partial charge on any atom is -0.336 e. The molecule has 2 heterocycles. The Balaban J connectivity index is 1.67. The van der Waals surface area contributed by atoms with Gasteiger partial charge in [-0.1, -0.05) is 24.3 Å².